The number of hydrogen-bond donors (Lipinski definition) is 0. The van der Waals surface area contributed by atoms with Crippen molar-refractivity contribution in [3.63, 3.8) is 0 Å². The van der Waals surface area contributed by atoms with Gasteiger partial charge in [-0.3, -0.25) is 0 Å². The molecule has 0 N–H and O–H groups in total. The second-order valence-corrected chi connectivity index (χ2v) is 6.08. The second-order valence-electron chi connectivity index (χ2n) is 4.64. The summed E-state index contributed by atoms with van der Waals surface area (Å²) in [4.78, 5) is 0. The molecule has 0 aliphatic heterocycles. The Kier molecular flexibility index (Phi) is 4.71. The van der Waals surface area contributed by atoms with E-state index in [0.717, 1.165) is 16.3 Å². The molecule has 2 aromatic carbocycles. The highest BCUT2D eigenvalue weighted by Gasteiger charge is 2.05. The van der Waals surface area contributed by atoms with E-state index in [1.54, 1.807) is 12.1 Å². The third kappa shape index (κ3) is 3.64. The molecule has 0 bridgehead atoms. The lowest BCUT2D eigenvalue weighted by atomic mass is 10.1. The highest BCUT2D eigenvalue weighted by molar-refractivity contribution is 7.98. The molecule has 1 heterocycles. The van der Waals surface area contributed by atoms with Crippen molar-refractivity contribution < 1.29 is 4.39 Å². The molecule has 0 radical (unpaired) electrons. The Labute approximate surface area is 137 Å². The molecule has 0 amide bonds. The Bertz CT molecular complexity index is 760. The normalized spacial score (nSPS) is 10.6. The molecular formula is C17H12ClFN2S. The molecule has 2 nitrogen and oxygen atoms in total. The zero-order valence-corrected chi connectivity index (χ0v) is 13.1. The smallest absolute Gasteiger partial charge is 0.127 e. The zero-order valence-electron chi connectivity index (χ0n) is 11.5. The summed E-state index contributed by atoms with van der Waals surface area (Å²) in [6.07, 6.45) is 0. The molecule has 0 atom stereocenters. The first-order valence-electron chi connectivity index (χ1n) is 6.68. The largest absolute Gasteiger partial charge is 0.207 e. The summed E-state index contributed by atoms with van der Waals surface area (Å²) in [7, 11) is 0. The van der Waals surface area contributed by atoms with Gasteiger partial charge in [-0.15, -0.1) is 10.2 Å². The number of nitrogens with zero attached hydrogens (tertiary/aromatic N) is 2. The van der Waals surface area contributed by atoms with Gasteiger partial charge in [-0.25, -0.2) is 4.39 Å². The van der Waals surface area contributed by atoms with E-state index < -0.39 is 0 Å². The van der Waals surface area contributed by atoms with Gasteiger partial charge in [-0.2, -0.15) is 0 Å². The molecule has 0 spiro atoms. The third-order valence-corrected chi connectivity index (χ3v) is 4.33. The van der Waals surface area contributed by atoms with Gasteiger partial charge in [0.15, 0.2) is 0 Å². The summed E-state index contributed by atoms with van der Waals surface area (Å²) in [5.41, 5.74) is 2.41. The molecule has 110 valence electrons. The van der Waals surface area contributed by atoms with Crippen molar-refractivity contribution in [1.82, 2.24) is 10.2 Å². The van der Waals surface area contributed by atoms with Crippen LogP contribution in [0.3, 0.4) is 0 Å². The van der Waals surface area contributed by atoms with E-state index in [9.17, 15) is 4.39 Å². The average molecular weight is 331 g/mol. The lowest BCUT2D eigenvalue weighted by molar-refractivity contribution is 0.617. The predicted octanol–water partition coefficient (Wildman–Crippen LogP) is 5.23. The maximum Gasteiger partial charge on any atom is 0.127 e. The Morgan fingerprint density at radius 3 is 2.36 bits per heavy atom. The number of aromatic nitrogens is 2. The topological polar surface area (TPSA) is 25.8 Å². The van der Waals surface area contributed by atoms with E-state index in [1.807, 2.05) is 42.5 Å². The fraction of sp³-hybridized carbons (Fsp3) is 0.0588. The minimum absolute atomic E-state index is 0.194. The van der Waals surface area contributed by atoms with Crippen molar-refractivity contribution in [1.29, 1.82) is 0 Å². The second kappa shape index (κ2) is 6.90. The summed E-state index contributed by atoms with van der Waals surface area (Å²) in [5, 5.41) is 9.84. The van der Waals surface area contributed by atoms with Gasteiger partial charge in [0.05, 0.1) is 5.69 Å². The Morgan fingerprint density at radius 2 is 1.68 bits per heavy atom. The summed E-state index contributed by atoms with van der Waals surface area (Å²) in [5.74, 6) is 0.336. The van der Waals surface area contributed by atoms with Crippen molar-refractivity contribution in [3.05, 3.63) is 77.1 Å². The monoisotopic (exact) mass is 330 g/mol. The standard InChI is InChI=1S/C17H12ClFN2S/c18-14-7-5-12(6-8-14)16-9-10-17(21-20-16)22-11-13-3-1-2-4-15(13)19/h1-10H,11H2. The van der Waals surface area contributed by atoms with E-state index in [4.69, 9.17) is 11.6 Å². The predicted molar refractivity (Wildman–Crippen MR) is 88.4 cm³/mol. The Balaban J connectivity index is 1.69. The van der Waals surface area contributed by atoms with Gasteiger partial charge in [0.2, 0.25) is 0 Å². The molecule has 0 fully saturated rings. The van der Waals surface area contributed by atoms with Gasteiger partial charge in [-0.1, -0.05) is 53.7 Å². The fourth-order valence-corrected chi connectivity index (χ4v) is 2.87. The summed E-state index contributed by atoms with van der Waals surface area (Å²) in [6, 6.07) is 18.0. The van der Waals surface area contributed by atoms with Crippen molar-refractivity contribution in [2.45, 2.75) is 10.8 Å². The van der Waals surface area contributed by atoms with Gasteiger partial charge >= 0.3 is 0 Å². The lowest BCUT2D eigenvalue weighted by Crippen LogP contribution is -1.91. The Hall–Kier alpha value is -1.91. The quantitative estimate of drug-likeness (QED) is 0.613. The van der Waals surface area contributed by atoms with E-state index in [1.165, 1.54) is 17.8 Å². The van der Waals surface area contributed by atoms with Crippen LogP contribution in [0.4, 0.5) is 4.39 Å². The number of thioether (sulfide) groups is 1. The molecule has 3 aromatic rings. The molecule has 0 saturated heterocycles. The van der Waals surface area contributed by atoms with E-state index in [0.29, 0.717) is 16.3 Å². The fourth-order valence-electron chi connectivity index (χ4n) is 1.94. The molecule has 22 heavy (non-hydrogen) atoms. The first-order chi connectivity index (χ1) is 10.7. The van der Waals surface area contributed by atoms with Crippen LogP contribution in [0.1, 0.15) is 5.56 Å². The van der Waals surface area contributed by atoms with Crippen molar-refractivity contribution in [2.75, 3.05) is 0 Å². The molecule has 1 aromatic heterocycles. The van der Waals surface area contributed by atoms with Crippen LogP contribution in [0.25, 0.3) is 11.3 Å². The molecule has 0 aliphatic rings. The van der Waals surface area contributed by atoms with Crippen molar-refractivity contribution in [3.8, 4) is 11.3 Å². The minimum atomic E-state index is -0.194. The van der Waals surface area contributed by atoms with Crippen LogP contribution < -0.4 is 0 Å². The van der Waals surface area contributed by atoms with Crippen LogP contribution in [0, 0.1) is 5.82 Å². The van der Waals surface area contributed by atoms with Crippen molar-refractivity contribution in [2.24, 2.45) is 0 Å². The number of hydrogen-bond acceptors (Lipinski definition) is 3. The highest BCUT2D eigenvalue weighted by atomic mass is 35.5. The van der Waals surface area contributed by atoms with Gasteiger partial charge in [0, 0.05) is 16.3 Å². The molecular weight excluding hydrogens is 319 g/mol. The highest BCUT2D eigenvalue weighted by Crippen LogP contribution is 2.24. The third-order valence-electron chi connectivity index (χ3n) is 3.11. The zero-order chi connectivity index (χ0) is 15.4. The van der Waals surface area contributed by atoms with Crippen LogP contribution in [-0.4, -0.2) is 10.2 Å². The summed E-state index contributed by atoms with van der Waals surface area (Å²) < 4.78 is 13.6. The lowest BCUT2D eigenvalue weighted by Gasteiger charge is -2.04. The number of halogens is 2. The van der Waals surface area contributed by atoms with Gasteiger partial charge < -0.3 is 0 Å². The first kappa shape index (κ1) is 15.0. The van der Waals surface area contributed by atoms with Gasteiger partial charge in [0.1, 0.15) is 10.8 Å². The molecule has 3 rings (SSSR count). The van der Waals surface area contributed by atoms with E-state index in [2.05, 4.69) is 10.2 Å². The average Bonchev–Trinajstić information content (AvgIpc) is 2.55. The van der Waals surface area contributed by atoms with Crippen LogP contribution in [0.2, 0.25) is 5.02 Å². The molecule has 0 aliphatic carbocycles. The SMILES string of the molecule is Fc1ccccc1CSc1ccc(-c2ccc(Cl)cc2)nn1. The molecule has 0 unspecified atom stereocenters. The first-order valence-corrected chi connectivity index (χ1v) is 8.04. The summed E-state index contributed by atoms with van der Waals surface area (Å²) in [6.45, 7) is 0. The van der Waals surface area contributed by atoms with E-state index >= 15 is 0 Å². The minimum Gasteiger partial charge on any atom is -0.207 e. The van der Waals surface area contributed by atoms with Crippen LogP contribution >= 0.6 is 23.4 Å². The summed E-state index contributed by atoms with van der Waals surface area (Å²) >= 11 is 7.33. The van der Waals surface area contributed by atoms with Crippen molar-refractivity contribution >= 4 is 23.4 Å². The number of benzene rings is 2. The van der Waals surface area contributed by atoms with Gasteiger partial charge in [0.25, 0.3) is 0 Å². The van der Waals surface area contributed by atoms with Crippen LogP contribution in [0.15, 0.2) is 65.7 Å². The maximum absolute atomic E-state index is 13.6. The Morgan fingerprint density at radius 1 is 0.909 bits per heavy atom. The van der Waals surface area contributed by atoms with Crippen LogP contribution in [0.5, 0.6) is 0 Å². The number of rotatable bonds is 4. The molecule has 5 heteroatoms. The van der Waals surface area contributed by atoms with E-state index in [-0.39, 0.29) is 5.82 Å². The van der Waals surface area contributed by atoms with Crippen LogP contribution in [-0.2, 0) is 5.75 Å². The molecule has 0 saturated carbocycles. The van der Waals surface area contributed by atoms with Gasteiger partial charge in [-0.05, 0) is 35.9 Å². The maximum atomic E-state index is 13.6.